The number of benzene rings is 1. The van der Waals surface area contributed by atoms with E-state index < -0.39 is 10.0 Å². The number of halogens is 1. The Morgan fingerprint density at radius 2 is 2.00 bits per heavy atom. The summed E-state index contributed by atoms with van der Waals surface area (Å²) in [7, 11) is -3.45. The van der Waals surface area contributed by atoms with Crippen LogP contribution < -0.4 is 14.8 Å². The molecule has 1 aliphatic heterocycles. The second kappa shape index (κ2) is 8.72. The fraction of sp³-hybridized carbons (Fsp3) is 0.600. The van der Waals surface area contributed by atoms with E-state index in [9.17, 15) is 8.42 Å². The van der Waals surface area contributed by atoms with Gasteiger partial charge in [0.25, 0.3) is 0 Å². The highest BCUT2D eigenvalue weighted by molar-refractivity contribution is 7.89. The number of hydrogen-bond acceptors (Lipinski definition) is 4. The first kappa shape index (κ1) is 19.2. The molecule has 2 N–H and O–H groups in total. The second-order valence-electron chi connectivity index (χ2n) is 5.84. The van der Waals surface area contributed by atoms with Crippen LogP contribution in [0.4, 0.5) is 0 Å². The van der Waals surface area contributed by atoms with Gasteiger partial charge in [-0.3, -0.25) is 0 Å². The summed E-state index contributed by atoms with van der Waals surface area (Å²) in [5, 5.41) is 3.20. The fourth-order valence-corrected chi connectivity index (χ4v) is 3.49. The summed E-state index contributed by atoms with van der Waals surface area (Å²) < 4.78 is 32.9. The standard InChI is InChI=1S/C15H24N2O3S.ClH/c1-12(2)11-20-14-5-7-15(8-6-14)21(18,19)17-13-4-3-9-16-10-13;/h5-8,12-13,16-17H,3-4,9-11H2,1-2H3;1H/t13-;/m0./s1. The molecule has 0 amide bonds. The van der Waals surface area contributed by atoms with Gasteiger partial charge in [-0.25, -0.2) is 13.1 Å². The maximum absolute atomic E-state index is 12.3. The van der Waals surface area contributed by atoms with Crippen molar-refractivity contribution >= 4 is 22.4 Å². The Morgan fingerprint density at radius 1 is 1.32 bits per heavy atom. The summed E-state index contributed by atoms with van der Waals surface area (Å²) in [5.41, 5.74) is 0. The van der Waals surface area contributed by atoms with Gasteiger partial charge in [0.2, 0.25) is 10.0 Å². The number of piperidine rings is 1. The summed E-state index contributed by atoms with van der Waals surface area (Å²) in [6.45, 7) is 6.41. The first-order valence-electron chi connectivity index (χ1n) is 7.43. The van der Waals surface area contributed by atoms with Gasteiger partial charge < -0.3 is 10.1 Å². The maximum Gasteiger partial charge on any atom is 0.240 e. The highest BCUT2D eigenvalue weighted by atomic mass is 35.5. The monoisotopic (exact) mass is 348 g/mol. The maximum atomic E-state index is 12.3. The van der Waals surface area contributed by atoms with Crippen LogP contribution in [0.5, 0.6) is 5.75 Å². The van der Waals surface area contributed by atoms with Crippen molar-refractivity contribution < 1.29 is 13.2 Å². The van der Waals surface area contributed by atoms with Crippen LogP contribution >= 0.6 is 12.4 Å². The lowest BCUT2D eigenvalue weighted by Crippen LogP contribution is -2.45. The summed E-state index contributed by atoms with van der Waals surface area (Å²) >= 11 is 0. The van der Waals surface area contributed by atoms with E-state index >= 15 is 0 Å². The van der Waals surface area contributed by atoms with Gasteiger partial charge in [0.1, 0.15) is 5.75 Å². The van der Waals surface area contributed by atoms with Crippen LogP contribution in [0, 0.1) is 5.92 Å². The van der Waals surface area contributed by atoms with Crippen LogP contribution in [-0.2, 0) is 10.0 Å². The average Bonchev–Trinajstić information content (AvgIpc) is 2.46. The van der Waals surface area contributed by atoms with Crippen molar-refractivity contribution in [3.8, 4) is 5.75 Å². The van der Waals surface area contributed by atoms with Gasteiger partial charge >= 0.3 is 0 Å². The van der Waals surface area contributed by atoms with Crippen molar-refractivity contribution in [2.45, 2.75) is 37.6 Å². The lowest BCUT2D eigenvalue weighted by Gasteiger charge is -2.23. The predicted octanol–water partition coefficient (Wildman–Crippen LogP) is 2.17. The number of hydrogen-bond donors (Lipinski definition) is 2. The van der Waals surface area contributed by atoms with Crippen molar-refractivity contribution in [1.82, 2.24) is 10.0 Å². The SMILES string of the molecule is CC(C)COc1ccc(S(=O)(=O)N[C@H]2CCCNC2)cc1.Cl. The molecule has 5 nitrogen and oxygen atoms in total. The predicted molar refractivity (Wildman–Crippen MR) is 90.2 cm³/mol. The molecule has 1 aliphatic rings. The van der Waals surface area contributed by atoms with E-state index in [4.69, 9.17) is 4.74 Å². The Kier molecular flexibility index (Phi) is 7.62. The molecule has 7 heteroatoms. The third-order valence-electron chi connectivity index (χ3n) is 3.34. The smallest absolute Gasteiger partial charge is 0.240 e. The molecule has 0 bridgehead atoms. The third-order valence-corrected chi connectivity index (χ3v) is 4.87. The molecule has 1 saturated heterocycles. The molecule has 1 aromatic rings. The summed E-state index contributed by atoms with van der Waals surface area (Å²) in [4.78, 5) is 0.282. The minimum atomic E-state index is -3.45. The molecule has 126 valence electrons. The number of sulfonamides is 1. The number of nitrogens with one attached hydrogen (secondary N) is 2. The molecule has 2 rings (SSSR count). The molecule has 0 radical (unpaired) electrons. The van der Waals surface area contributed by atoms with Crippen molar-refractivity contribution in [1.29, 1.82) is 0 Å². The van der Waals surface area contributed by atoms with Crippen molar-refractivity contribution in [2.24, 2.45) is 5.92 Å². The van der Waals surface area contributed by atoms with Gasteiger partial charge in [0.15, 0.2) is 0 Å². The van der Waals surface area contributed by atoms with Crippen LogP contribution in [0.25, 0.3) is 0 Å². The fourth-order valence-electron chi connectivity index (χ4n) is 2.22. The summed E-state index contributed by atoms with van der Waals surface area (Å²) in [6, 6.07) is 6.56. The number of rotatable bonds is 6. The topological polar surface area (TPSA) is 67.4 Å². The van der Waals surface area contributed by atoms with E-state index in [1.165, 1.54) is 0 Å². The highest BCUT2D eigenvalue weighted by Crippen LogP contribution is 2.17. The minimum Gasteiger partial charge on any atom is -0.493 e. The van der Waals surface area contributed by atoms with Crippen LogP contribution in [0.3, 0.4) is 0 Å². The zero-order chi connectivity index (χ0) is 15.3. The first-order valence-corrected chi connectivity index (χ1v) is 8.91. The van der Waals surface area contributed by atoms with Gasteiger partial charge in [-0.1, -0.05) is 13.8 Å². The average molecular weight is 349 g/mol. The summed E-state index contributed by atoms with van der Waals surface area (Å²) in [5.74, 6) is 1.14. The van der Waals surface area contributed by atoms with Crippen LogP contribution in [0.2, 0.25) is 0 Å². The molecular formula is C15H25ClN2O3S. The minimum absolute atomic E-state index is 0. The van der Waals surface area contributed by atoms with Gasteiger partial charge in [0.05, 0.1) is 11.5 Å². The zero-order valence-corrected chi connectivity index (χ0v) is 14.7. The van der Waals surface area contributed by atoms with Gasteiger partial charge in [-0.15, -0.1) is 12.4 Å². The molecule has 1 heterocycles. The summed E-state index contributed by atoms with van der Waals surface area (Å²) in [6.07, 6.45) is 1.87. The Balaban J connectivity index is 0.00000242. The lowest BCUT2D eigenvalue weighted by molar-refractivity contribution is 0.271. The first-order chi connectivity index (χ1) is 9.97. The third kappa shape index (κ3) is 5.76. The Bertz CT molecular complexity index is 540. The van der Waals surface area contributed by atoms with E-state index in [0.717, 1.165) is 19.4 Å². The van der Waals surface area contributed by atoms with Crippen molar-refractivity contribution in [3.63, 3.8) is 0 Å². The van der Waals surface area contributed by atoms with E-state index in [1.807, 2.05) is 0 Å². The molecule has 0 unspecified atom stereocenters. The quantitative estimate of drug-likeness (QED) is 0.826. The lowest BCUT2D eigenvalue weighted by atomic mass is 10.1. The highest BCUT2D eigenvalue weighted by Gasteiger charge is 2.21. The molecule has 0 saturated carbocycles. The van der Waals surface area contributed by atoms with Gasteiger partial charge in [-0.2, -0.15) is 0 Å². The normalized spacial score (nSPS) is 18.8. The Labute approximate surface area is 139 Å². The van der Waals surface area contributed by atoms with E-state index in [0.29, 0.717) is 24.8 Å². The van der Waals surface area contributed by atoms with E-state index in [-0.39, 0.29) is 23.3 Å². The van der Waals surface area contributed by atoms with Gasteiger partial charge in [0, 0.05) is 12.6 Å². The molecule has 1 atom stereocenters. The largest absolute Gasteiger partial charge is 0.493 e. The molecule has 22 heavy (non-hydrogen) atoms. The number of ether oxygens (including phenoxy) is 1. The molecule has 1 aromatic carbocycles. The van der Waals surface area contributed by atoms with Crippen LogP contribution in [-0.4, -0.2) is 34.2 Å². The van der Waals surface area contributed by atoms with Crippen LogP contribution in [0.1, 0.15) is 26.7 Å². The van der Waals surface area contributed by atoms with Crippen LogP contribution in [0.15, 0.2) is 29.2 Å². The zero-order valence-electron chi connectivity index (χ0n) is 13.0. The molecule has 0 spiro atoms. The Morgan fingerprint density at radius 3 is 2.55 bits per heavy atom. The van der Waals surface area contributed by atoms with E-state index in [1.54, 1.807) is 24.3 Å². The van der Waals surface area contributed by atoms with Crippen molar-refractivity contribution in [2.75, 3.05) is 19.7 Å². The Hall–Kier alpha value is -0.820. The van der Waals surface area contributed by atoms with E-state index in [2.05, 4.69) is 23.9 Å². The molecule has 0 aliphatic carbocycles. The molecular weight excluding hydrogens is 324 g/mol. The van der Waals surface area contributed by atoms with Gasteiger partial charge in [-0.05, 0) is 49.6 Å². The molecule has 1 fully saturated rings. The second-order valence-corrected chi connectivity index (χ2v) is 7.55. The van der Waals surface area contributed by atoms with Crippen molar-refractivity contribution in [3.05, 3.63) is 24.3 Å². The molecule has 0 aromatic heterocycles.